The zero-order chi connectivity index (χ0) is 15.8. The highest BCUT2D eigenvalue weighted by atomic mass is 16.5. The van der Waals surface area contributed by atoms with Crippen molar-refractivity contribution in [2.24, 2.45) is 0 Å². The van der Waals surface area contributed by atoms with E-state index in [4.69, 9.17) is 4.74 Å². The van der Waals surface area contributed by atoms with Gasteiger partial charge in [0.2, 0.25) is 0 Å². The summed E-state index contributed by atoms with van der Waals surface area (Å²) in [6.07, 6.45) is 1.49. The highest BCUT2D eigenvalue weighted by Gasteiger charge is 2.11. The van der Waals surface area contributed by atoms with Gasteiger partial charge in [-0.3, -0.25) is 4.79 Å². The number of hydrogen-bond donors (Lipinski definition) is 0. The molecule has 0 aliphatic carbocycles. The maximum Gasteiger partial charge on any atom is 0.285 e. The van der Waals surface area contributed by atoms with Gasteiger partial charge in [-0.05, 0) is 36.4 Å². The molecular weight excluding hydrogens is 292 g/mol. The van der Waals surface area contributed by atoms with E-state index in [1.54, 1.807) is 31.4 Å². The molecule has 0 atom stereocenters. The molecule has 0 saturated heterocycles. The third-order valence-corrected chi connectivity index (χ3v) is 3.71. The first-order chi connectivity index (χ1) is 11.3. The number of benzene rings is 2. The summed E-state index contributed by atoms with van der Waals surface area (Å²) in [6.45, 7) is 0. The van der Waals surface area contributed by atoms with Gasteiger partial charge in [0, 0.05) is 10.9 Å². The minimum absolute atomic E-state index is 0.251. The molecule has 0 radical (unpaired) electrons. The Bertz CT molecular complexity index is 1070. The van der Waals surface area contributed by atoms with Crippen LogP contribution in [-0.2, 0) is 0 Å². The van der Waals surface area contributed by atoms with E-state index in [0.29, 0.717) is 11.2 Å². The van der Waals surface area contributed by atoms with E-state index >= 15 is 0 Å². The maximum atomic E-state index is 12.7. The van der Waals surface area contributed by atoms with Crippen molar-refractivity contribution < 1.29 is 4.74 Å². The molecule has 2 heterocycles. The summed E-state index contributed by atoms with van der Waals surface area (Å²) in [5, 5.41) is 9.15. The normalized spacial score (nSPS) is 11.0. The van der Waals surface area contributed by atoms with Gasteiger partial charge in [-0.2, -0.15) is 0 Å². The SMILES string of the molecule is COc1ccc(-c2nnc3c4ccccc4ncn3c2=O)cc1. The molecule has 4 rings (SSSR count). The number of hydrogen-bond acceptors (Lipinski definition) is 5. The van der Waals surface area contributed by atoms with Crippen LogP contribution in [0.4, 0.5) is 0 Å². The van der Waals surface area contributed by atoms with Crippen molar-refractivity contribution in [2.75, 3.05) is 7.11 Å². The smallest absolute Gasteiger partial charge is 0.285 e. The van der Waals surface area contributed by atoms with Crippen LogP contribution in [0.15, 0.2) is 59.7 Å². The minimum atomic E-state index is -0.251. The third-order valence-electron chi connectivity index (χ3n) is 3.71. The van der Waals surface area contributed by atoms with Gasteiger partial charge in [-0.15, -0.1) is 10.2 Å². The van der Waals surface area contributed by atoms with Crippen LogP contribution < -0.4 is 10.3 Å². The Balaban J connectivity index is 1.97. The lowest BCUT2D eigenvalue weighted by molar-refractivity contribution is 0.415. The number of ether oxygens (including phenoxy) is 1. The van der Waals surface area contributed by atoms with Gasteiger partial charge in [0.05, 0.1) is 12.6 Å². The summed E-state index contributed by atoms with van der Waals surface area (Å²) in [5.41, 5.74) is 1.99. The van der Waals surface area contributed by atoms with Crippen molar-refractivity contribution >= 4 is 16.6 Å². The first-order valence-corrected chi connectivity index (χ1v) is 7.05. The maximum absolute atomic E-state index is 12.7. The van der Waals surface area contributed by atoms with Gasteiger partial charge in [0.1, 0.15) is 12.1 Å². The van der Waals surface area contributed by atoms with Crippen LogP contribution in [0.3, 0.4) is 0 Å². The van der Waals surface area contributed by atoms with Crippen LogP contribution in [-0.4, -0.2) is 26.7 Å². The molecule has 0 aliphatic rings. The van der Waals surface area contributed by atoms with Crippen molar-refractivity contribution in [1.82, 2.24) is 19.6 Å². The predicted molar refractivity (Wildman–Crippen MR) is 86.5 cm³/mol. The monoisotopic (exact) mass is 304 g/mol. The molecular formula is C17H12N4O2. The second-order valence-electron chi connectivity index (χ2n) is 5.04. The standard InChI is InChI=1S/C17H12N4O2/c1-23-12-8-6-11(7-9-12)15-17(22)21-10-18-14-5-3-2-4-13(14)16(21)20-19-15/h2-10H,1H3. The van der Waals surface area contributed by atoms with Gasteiger partial charge < -0.3 is 4.74 Å². The zero-order valence-electron chi connectivity index (χ0n) is 12.3. The van der Waals surface area contributed by atoms with E-state index in [0.717, 1.165) is 16.7 Å². The zero-order valence-corrected chi connectivity index (χ0v) is 12.3. The average molecular weight is 304 g/mol. The Morgan fingerprint density at radius 1 is 1.00 bits per heavy atom. The predicted octanol–water partition coefficient (Wildman–Crippen LogP) is 2.31. The molecule has 0 N–H and O–H groups in total. The molecule has 0 spiro atoms. The second kappa shape index (κ2) is 5.17. The number of nitrogens with zero attached hydrogens (tertiary/aromatic N) is 4. The van der Waals surface area contributed by atoms with Gasteiger partial charge in [0.15, 0.2) is 11.3 Å². The van der Waals surface area contributed by atoms with Crippen molar-refractivity contribution in [3.63, 3.8) is 0 Å². The van der Waals surface area contributed by atoms with Gasteiger partial charge in [-0.25, -0.2) is 9.38 Å². The molecule has 2 aromatic carbocycles. The number of aromatic nitrogens is 4. The van der Waals surface area contributed by atoms with Crippen molar-refractivity contribution in [3.05, 3.63) is 65.2 Å². The molecule has 0 aliphatic heterocycles. The van der Waals surface area contributed by atoms with Crippen LogP contribution in [0.5, 0.6) is 5.75 Å². The Morgan fingerprint density at radius 3 is 2.57 bits per heavy atom. The molecule has 0 saturated carbocycles. The second-order valence-corrected chi connectivity index (χ2v) is 5.04. The van der Waals surface area contributed by atoms with Crippen LogP contribution in [0.1, 0.15) is 0 Å². The first-order valence-electron chi connectivity index (χ1n) is 7.05. The van der Waals surface area contributed by atoms with E-state index in [9.17, 15) is 4.79 Å². The molecule has 23 heavy (non-hydrogen) atoms. The van der Waals surface area contributed by atoms with E-state index in [2.05, 4.69) is 15.2 Å². The molecule has 2 aromatic heterocycles. The van der Waals surface area contributed by atoms with E-state index in [1.807, 2.05) is 24.3 Å². The molecule has 0 bridgehead atoms. The summed E-state index contributed by atoms with van der Waals surface area (Å²) in [4.78, 5) is 17.0. The molecule has 6 nitrogen and oxygen atoms in total. The van der Waals surface area contributed by atoms with Crippen LogP contribution >= 0.6 is 0 Å². The molecule has 6 heteroatoms. The molecule has 0 fully saturated rings. The Morgan fingerprint density at radius 2 is 1.78 bits per heavy atom. The number of methoxy groups -OCH3 is 1. The molecule has 112 valence electrons. The van der Waals surface area contributed by atoms with E-state index in [-0.39, 0.29) is 11.3 Å². The lowest BCUT2D eigenvalue weighted by Crippen LogP contribution is -2.19. The van der Waals surface area contributed by atoms with E-state index in [1.165, 1.54) is 10.7 Å². The van der Waals surface area contributed by atoms with Crippen LogP contribution in [0.2, 0.25) is 0 Å². The largest absolute Gasteiger partial charge is 0.497 e. The fourth-order valence-electron chi connectivity index (χ4n) is 2.51. The summed E-state index contributed by atoms with van der Waals surface area (Å²) in [6, 6.07) is 14.7. The quantitative estimate of drug-likeness (QED) is 0.532. The van der Waals surface area contributed by atoms with E-state index < -0.39 is 0 Å². The lowest BCUT2D eigenvalue weighted by Gasteiger charge is -2.06. The number of rotatable bonds is 2. The Labute approximate surface area is 131 Å². The average Bonchev–Trinajstić information content (AvgIpc) is 2.62. The fourth-order valence-corrected chi connectivity index (χ4v) is 2.51. The first kappa shape index (κ1) is 13.4. The summed E-state index contributed by atoms with van der Waals surface area (Å²) < 4.78 is 6.55. The van der Waals surface area contributed by atoms with Crippen molar-refractivity contribution in [3.8, 4) is 17.0 Å². The molecule has 0 amide bonds. The van der Waals surface area contributed by atoms with Gasteiger partial charge >= 0.3 is 0 Å². The molecule has 0 unspecified atom stereocenters. The lowest BCUT2D eigenvalue weighted by atomic mass is 10.1. The fraction of sp³-hybridized carbons (Fsp3) is 0.0588. The molecule has 4 aromatic rings. The minimum Gasteiger partial charge on any atom is -0.497 e. The highest BCUT2D eigenvalue weighted by molar-refractivity contribution is 5.90. The van der Waals surface area contributed by atoms with Gasteiger partial charge in [-0.1, -0.05) is 12.1 Å². The number of fused-ring (bicyclic) bond motifs is 3. The summed E-state index contributed by atoms with van der Waals surface area (Å²) in [7, 11) is 1.59. The third kappa shape index (κ3) is 2.12. The topological polar surface area (TPSA) is 69.4 Å². The Hall–Kier alpha value is -3.28. The van der Waals surface area contributed by atoms with Crippen LogP contribution in [0, 0.1) is 0 Å². The summed E-state index contributed by atoms with van der Waals surface area (Å²) in [5.74, 6) is 0.718. The van der Waals surface area contributed by atoms with Crippen LogP contribution in [0.25, 0.3) is 27.8 Å². The van der Waals surface area contributed by atoms with Crippen molar-refractivity contribution in [2.45, 2.75) is 0 Å². The van der Waals surface area contributed by atoms with Gasteiger partial charge in [0.25, 0.3) is 5.56 Å². The van der Waals surface area contributed by atoms with Crippen molar-refractivity contribution in [1.29, 1.82) is 0 Å². The summed E-state index contributed by atoms with van der Waals surface area (Å²) >= 11 is 0. The Kier molecular flexibility index (Phi) is 3.01. The number of para-hydroxylation sites is 1. The highest BCUT2D eigenvalue weighted by Crippen LogP contribution is 2.19.